The predicted molar refractivity (Wildman–Crippen MR) is 127 cm³/mol. The second-order valence-electron chi connectivity index (χ2n) is 7.86. The molecule has 3 aromatic rings. The molecule has 0 aliphatic carbocycles. The van der Waals surface area contributed by atoms with Crippen molar-refractivity contribution in [2.75, 3.05) is 0 Å². The Morgan fingerprint density at radius 2 is 2.03 bits per heavy atom. The van der Waals surface area contributed by atoms with E-state index >= 15 is 0 Å². The number of carbonyl (C=O) groups excluding carboxylic acids is 1. The normalized spacial score (nSPS) is 13.1. The van der Waals surface area contributed by atoms with Crippen LogP contribution in [0.1, 0.15) is 53.7 Å². The quantitative estimate of drug-likeness (QED) is 0.414. The van der Waals surface area contributed by atoms with Gasteiger partial charge >= 0.3 is 5.97 Å². The van der Waals surface area contributed by atoms with E-state index in [1.165, 1.54) is 48.9 Å². The predicted octanol–water partition coefficient (Wildman–Crippen LogP) is 3.92. The molecule has 0 aliphatic heterocycles. The summed E-state index contributed by atoms with van der Waals surface area (Å²) < 4.78 is 15.6. The highest BCUT2D eigenvalue weighted by Gasteiger charge is 2.36. The molecule has 0 radical (unpaired) electrons. The lowest BCUT2D eigenvalue weighted by molar-refractivity contribution is -0.146. The lowest BCUT2D eigenvalue weighted by Crippen LogP contribution is -2.42. The van der Waals surface area contributed by atoms with Crippen LogP contribution in [0.2, 0.25) is 0 Å². The molecule has 0 amide bonds. The second kappa shape index (κ2) is 9.04. The van der Waals surface area contributed by atoms with E-state index < -0.39 is 11.5 Å². The third-order valence-corrected chi connectivity index (χ3v) is 7.07. The molecular formula is C23H24FN2O4PS. The number of pyridine rings is 1. The Morgan fingerprint density at radius 1 is 1.34 bits per heavy atom. The highest BCUT2D eigenvalue weighted by molar-refractivity contribution is 7.27. The average molecular weight is 474 g/mol. The largest absolute Gasteiger partial charge is 0.479 e. The number of rotatable bonds is 7. The molecule has 0 bridgehead atoms. The Hall–Kier alpha value is -2.70. The van der Waals surface area contributed by atoms with Crippen molar-refractivity contribution < 1.29 is 19.1 Å². The molecule has 2 aromatic heterocycles. The van der Waals surface area contributed by atoms with Gasteiger partial charge < -0.3 is 9.67 Å². The first-order valence-electron chi connectivity index (χ1n) is 9.99. The fourth-order valence-electron chi connectivity index (χ4n) is 3.55. The molecular weight excluding hydrogens is 450 g/mol. The highest BCUT2D eigenvalue weighted by atomic mass is 32.1. The number of carboxylic acid groups (broad SMARTS) is 1. The van der Waals surface area contributed by atoms with Gasteiger partial charge in [0.05, 0.1) is 11.3 Å². The maximum atomic E-state index is 14.2. The molecule has 6 nitrogen and oxygen atoms in total. The van der Waals surface area contributed by atoms with Crippen LogP contribution < -0.4 is 10.7 Å². The summed E-state index contributed by atoms with van der Waals surface area (Å²) in [5, 5.41) is 11.0. The summed E-state index contributed by atoms with van der Waals surface area (Å²) in [6, 6.07) is 4.93. The fourth-order valence-corrected chi connectivity index (χ4v) is 4.74. The van der Waals surface area contributed by atoms with Gasteiger partial charge in [0.15, 0.2) is 11.2 Å². The SMILES string of the molecule is CCC(C)(C(=O)O)n1cc(-c2ncc(Cc3ccc(P)cc3F)s2)c(=O)c(C)c1C(C)=O. The van der Waals surface area contributed by atoms with E-state index in [-0.39, 0.29) is 40.3 Å². The maximum Gasteiger partial charge on any atom is 0.329 e. The van der Waals surface area contributed by atoms with Crippen LogP contribution in [0.4, 0.5) is 4.39 Å². The number of aromatic nitrogens is 2. The Labute approximate surface area is 191 Å². The molecule has 0 saturated heterocycles. The van der Waals surface area contributed by atoms with E-state index in [9.17, 15) is 23.9 Å². The third-order valence-electron chi connectivity index (χ3n) is 5.68. The van der Waals surface area contributed by atoms with Gasteiger partial charge in [-0.1, -0.05) is 19.1 Å². The average Bonchev–Trinajstić information content (AvgIpc) is 3.19. The van der Waals surface area contributed by atoms with Gasteiger partial charge in [-0.3, -0.25) is 9.59 Å². The number of carbonyl (C=O) groups is 2. The zero-order valence-electron chi connectivity index (χ0n) is 18.2. The second-order valence-corrected chi connectivity index (χ2v) is 9.65. The Balaban J connectivity index is 2.14. The first-order valence-corrected chi connectivity index (χ1v) is 11.4. The molecule has 0 saturated carbocycles. The Kier molecular flexibility index (Phi) is 6.77. The van der Waals surface area contributed by atoms with Crippen molar-refractivity contribution in [1.29, 1.82) is 0 Å². The summed E-state index contributed by atoms with van der Waals surface area (Å²) >= 11 is 1.24. The number of halogens is 1. The van der Waals surface area contributed by atoms with Crippen LogP contribution in [-0.4, -0.2) is 26.4 Å². The molecule has 168 valence electrons. The lowest BCUT2D eigenvalue weighted by atomic mass is 9.95. The van der Waals surface area contributed by atoms with Crippen LogP contribution in [0.5, 0.6) is 0 Å². The van der Waals surface area contributed by atoms with Gasteiger partial charge in [0.2, 0.25) is 0 Å². The number of benzene rings is 1. The van der Waals surface area contributed by atoms with Crippen molar-refractivity contribution in [1.82, 2.24) is 9.55 Å². The summed E-state index contributed by atoms with van der Waals surface area (Å²) in [5.41, 5.74) is -0.828. The van der Waals surface area contributed by atoms with Crippen LogP contribution in [0.15, 0.2) is 35.4 Å². The fraction of sp³-hybridized carbons (Fsp3) is 0.304. The van der Waals surface area contributed by atoms with Crippen LogP contribution in [0.25, 0.3) is 10.6 Å². The van der Waals surface area contributed by atoms with E-state index in [2.05, 4.69) is 14.2 Å². The molecule has 3 rings (SSSR count). The molecule has 1 N–H and O–H groups in total. The first-order chi connectivity index (χ1) is 15.0. The van der Waals surface area contributed by atoms with Crippen molar-refractivity contribution >= 4 is 37.6 Å². The maximum absolute atomic E-state index is 14.2. The summed E-state index contributed by atoms with van der Waals surface area (Å²) in [7, 11) is 2.45. The van der Waals surface area contributed by atoms with Gasteiger partial charge in [0.25, 0.3) is 0 Å². The van der Waals surface area contributed by atoms with Gasteiger partial charge in [-0.25, -0.2) is 14.2 Å². The summed E-state index contributed by atoms with van der Waals surface area (Å²) in [6.07, 6.45) is 3.52. The van der Waals surface area contributed by atoms with Crippen molar-refractivity contribution in [2.45, 2.75) is 46.1 Å². The van der Waals surface area contributed by atoms with Gasteiger partial charge in [-0.05, 0) is 37.2 Å². The van der Waals surface area contributed by atoms with Crippen LogP contribution in [0.3, 0.4) is 0 Å². The molecule has 2 atom stereocenters. The lowest BCUT2D eigenvalue weighted by Gasteiger charge is -2.30. The summed E-state index contributed by atoms with van der Waals surface area (Å²) in [6.45, 7) is 6.06. The van der Waals surface area contributed by atoms with Crippen molar-refractivity contribution in [3.8, 4) is 10.6 Å². The van der Waals surface area contributed by atoms with Crippen molar-refractivity contribution in [2.24, 2.45) is 0 Å². The monoisotopic (exact) mass is 474 g/mol. The highest BCUT2D eigenvalue weighted by Crippen LogP contribution is 2.30. The van der Waals surface area contributed by atoms with Gasteiger partial charge in [0, 0.05) is 36.2 Å². The number of nitrogens with zero attached hydrogens (tertiary/aromatic N) is 2. The first kappa shape index (κ1) is 24.0. The zero-order valence-corrected chi connectivity index (χ0v) is 20.2. The number of hydrogen-bond donors (Lipinski definition) is 1. The minimum atomic E-state index is -1.42. The topological polar surface area (TPSA) is 89.3 Å². The Morgan fingerprint density at radius 3 is 2.59 bits per heavy atom. The van der Waals surface area contributed by atoms with Crippen LogP contribution in [0, 0.1) is 12.7 Å². The molecule has 32 heavy (non-hydrogen) atoms. The molecule has 2 unspecified atom stereocenters. The molecule has 0 fully saturated rings. The van der Waals surface area contributed by atoms with Crippen molar-refractivity contribution in [3.05, 3.63) is 68.3 Å². The van der Waals surface area contributed by atoms with E-state index in [0.29, 0.717) is 17.0 Å². The number of hydrogen-bond acceptors (Lipinski definition) is 5. The van der Waals surface area contributed by atoms with Crippen LogP contribution in [-0.2, 0) is 16.8 Å². The van der Waals surface area contributed by atoms with Gasteiger partial charge in [0.1, 0.15) is 16.4 Å². The molecule has 2 heterocycles. The third kappa shape index (κ3) is 4.30. The van der Waals surface area contributed by atoms with Gasteiger partial charge in [-0.15, -0.1) is 20.6 Å². The van der Waals surface area contributed by atoms with Crippen LogP contribution >= 0.6 is 20.6 Å². The van der Waals surface area contributed by atoms with Gasteiger partial charge in [-0.2, -0.15) is 0 Å². The molecule has 0 aliphatic rings. The summed E-state index contributed by atoms with van der Waals surface area (Å²) in [4.78, 5) is 42.6. The zero-order chi connectivity index (χ0) is 23.8. The van der Waals surface area contributed by atoms with E-state index in [1.807, 2.05) is 0 Å². The molecule has 0 spiro atoms. The van der Waals surface area contributed by atoms with E-state index in [4.69, 9.17) is 0 Å². The van der Waals surface area contributed by atoms with E-state index in [1.54, 1.807) is 25.3 Å². The Bertz CT molecular complexity index is 1280. The summed E-state index contributed by atoms with van der Waals surface area (Å²) in [5.74, 6) is -1.82. The minimum Gasteiger partial charge on any atom is -0.479 e. The number of aliphatic carboxylic acids is 1. The number of carboxylic acids is 1. The number of Topliss-reactive ketones (excluding diaryl/α,β-unsaturated/α-hetero) is 1. The molecule has 1 aromatic carbocycles. The van der Waals surface area contributed by atoms with Crippen molar-refractivity contribution in [3.63, 3.8) is 0 Å². The minimum absolute atomic E-state index is 0.0712. The smallest absolute Gasteiger partial charge is 0.329 e. The standard InChI is InChI=1S/C23H24FN2O4PS/c1-5-23(4,22(29)30)26-11-17(20(28)12(2)19(26)13(3)27)21-25-10-16(32-21)8-14-6-7-15(31)9-18(14)24/h6-7,9-11H,5,8,31H2,1-4H3,(H,29,30). The molecule has 9 heteroatoms. The number of ketones is 1. The number of thiazole rings is 1. The van der Waals surface area contributed by atoms with E-state index in [0.717, 1.165) is 10.2 Å².